The van der Waals surface area contributed by atoms with Gasteiger partial charge in [0.25, 0.3) is 0 Å². The lowest BCUT2D eigenvalue weighted by molar-refractivity contribution is -0.137. The Morgan fingerprint density at radius 3 is 2.50 bits per heavy atom. The Morgan fingerprint density at radius 1 is 1.25 bits per heavy atom. The van der Waals surface area contributed by atoms with Crippen LogP contribution in [0.3, 0.4) is 0 Å². The van der Waals surface area contributed by atoms with Crippen LogP contribution in [0.2, 0.25) is 0 Å². The first-order chi connectivity index (χ1) is 7.57. The van der Waals surface area contributed by atoms with Crippen LogP contribution in [-0.2, 0) is 4.79 Å². The molecule has 16 heavy (non-hydrogen) atoms. The molecule has 0 unspecified atom stereocenters. The molecule has 0 atom stereocenters. The van der Waals surface area contributed by atoms with Gasteiger partial charge in [0, 0.05) is 26.6 Å². The lowest BCUT2D eigenvalue weighted by Crippen LogP contribution is -2.38. The Bertz CT molecular complexity index is 219. The second kappa shape index (κ2) is 9.00. The molecule has 0 heterocycles. The summed E-state index contributed by atoms with van der Waals surface area (Å²) in [6.07, 6.45) is 3.51. The molecule has 94 valence electrons. The minimum Gasteiger partial charge on any atom is -0.481 e. The van der Waals surface area contributed by atoms with E-state index >= 15 is 0 Å². The van der Waals surface area contributed by atoms with Gasteiger partial charge in [-0.25, -0.2) is 4.79 Å². The van der Waals surface area contributed by atoms with Crippen molar-refractivity contribution >= 4 is 12.0 Å². The number of carboxylic acids is 1. The number of amides is 2. The van der Waals surface area contributed by atoms with Gasteiger partial charge in [0.1, 0.15) is 0 Å². The van der Waals surface area contributed by atoms with Crippen LogP contribution in [0.1, 0.15) is 39.0 Å². The Hall–Kier alpha value is -1.26. The van der Waals surface area contributed by atoms with E-state index in [4.69, 9.17) is 5.11 Å². The van der Waals surface area contributed by atoms with E-state index in [0.29, 0.717) is 13.0 Å². The van der Waals surface area contributed by atoms with E-state index in [1.54, 1.807) is 11.9 Å². The molecule has 0 saturated heterocycles. The molecule has 0 radical (unpaired) electrons. The number of carbonyl (C=O) groups excluding carboxylic acids is 1. The third-order valence-corrected chi connectivity index (χ3v) is 2.25. The summed E-state index contributed by atoms with van der Waals surface area (Å²) in [5, 5.41) is 11.2. The molecular weight excluding hydrogens is 208 g/mol. The highest BCUT2D eigenvalue weighted by Crippen LogP contribution is 1.98. The van der Waals surface area contributed by atoms with Crippen LogP contribution >= 0.6 is 0 Å². The fourth-order valence-corrected chi connectivity index (χ4v) is 1.35. The normalized spacial score (nSPS) is 9.88. The van der Waals surface area contributed by atoms with Crippen molar-refractivity contribution in [1.29, 1.82) is 0 Å². The van der Waals surface area contributed by atoms with Gasteiger partial charge < -0.3 is 15.3 Å². The topological polar surface area (TPSA) is 69.6 Å². The number of nitrogens with zero attached hydrogens (tertiary/aromatic N) is 1. The summed E-state index contributed by atoms with van der Waals surface area (Å²) in [7, 11) is 1.77. The average molecular weight is 230 g/mol. The summed E-state index contributed by atoms with van der Waals surface area (Å²) in [6, 6.07) is -0.0555. The van der Waals surface area contributed by atoms with Gasteiger partial charge in [-0.2, -0.15) is 0 Å². The van der Waals surface area contributed by atoms with Gasteiger partial charge in [0.15, 0.2) is 0 Å². The van der Waals surface area contributed by atoms with Crippen LogP contribution in [0, 0.1) is 0 Å². The molecule has 0 aliphatic heterocycles. The quantitative estimate of drug-likeness (QED) is 0.623. The van der Waals surface area contributed by atoms with E-state index in [2.05, 4.69) is 5.32 Å². The van der Waals surface area contributed by atoms with Crippen LogP contribution in [0.15, 0.2) is 0 Å². The van der Waals surface area contributed by atoms with Crippen molar-refractivity contribution in [2.24, 2.45) is 0 Å². The van der Waals surface area contributed by atoms with Crippen molar-refractivity contribution in [1.82, 2.24) is 10.2 Å². The highest BCUT2D eigenvalue weighted by Gasteiger charge is 2.05. The third-order valence-electron chi connectivity index (χ3n) is 2.25. The molecule has 2 amide bonds. The van der Waals surface area contributed by atoms with E-state index in [-0.39, 0.29) is 12.5 Å². The number of carboxylic acid groups (broad SMARTS) is 1. The zero-order chi connectivity index (χ0) is 12.4. The van der Waals surface area contributed by atoms with E-state index in [1.807, 2.05) is 6.92 Å². The maximum atomic E-state index is 11.4. The smallest absolute Gasteiger partial charge is 0.317 e. The van der Waals surface area contributed by atoms with Crippen LogP contribution in [-0.4, -0.2) is 42.1 Å². The molecule has 0 aromatic carbocycles. The van der Waals surface area contributed by atoms with E-state index in [1.165, 1.54) is 0 Å². The lowest BCUT2D eigenvalue weighted by atomic mass is 10.2. The first kappa shape index (κ1) is 14.7. The van der Waals surface area contributed by atoms with Gasteiger partial charge in [-0.05, 0) is 19.3 Å². The van der Waals surface area contributed by atoms with Crippen molar-refractivity contribution in [2.75, 3.05) is 20.1 Å². The Labute approximate surface area is 96.8 Å². The Balaban J connectivity index is 3.37. The maximum absolute atomic E-state index is 11.4. The molecule has 0 fully saturated rings. The monoisotopic (exact) mass is 230 g/mol. The van der Waals surface area contributed by atoms with Crippen molar-refractivity contribution < 1.29 is 14.7 Å². The fraction of sp³-hybridized carbons (Fsp3) is 0.818. The highest BCUT2D eigenvalue weighted by atomic mass is 16.4. The molecule has 0 aromatic rings. The van der Waals surface area contributed by atoms with E-state index < -0.39 is 5.97 Å². The summed E-state index contributed by atoms with van der Waals surface area (Å²) in [6.45, 7) is 3.40. The number of unbranched alkanes of at least 4 members (excludes halogenated alkanes) is 2. The predicted molar refractivity (Wildman–Crippen MR) is 62.4 cm³/mol. The molecule has 0 saturated carbocycles. The zero-order valence-electron chi connectivity index (χ0n) is 10.2. The van der Waals surface area contributed by atoms with Crippen LogP contribution in [0.25, 0.3) is 0 Å². The molecule has 0 aromatic heterocycles. The largest absolute Gasteiger partial charge is 0.481 e. The Kier molecular flexibility index (Phi) is 8.29. The SMILES string of the molecule is CCCN(C)C(=O)NCCCCCC(=O)O. The number of urea groups is 1. The molecule has 2 N–H and O–H groups in total. The maximum Gasteiger partial charge on any atom is 0.317 e. The summed E-state index contributed by atoms with van der Waals surface area (Å²) in [5.41, 5.74) is 0. The van der Waals surface area contributed by atoms with Crippen molar-refractivity contribution in [2.45, 2.75) is 39.0 Å². The van der Waals surface area contributed by atoms with Crippen molar-refractivity contribution in [3.05, 3.63) is 0 Å². The summed E-state index contributed by atoms with van der Waals surface area (Å²) in [5.74, 6) is -0.758. The van der Waals surface area contributed by atoms with E-state index in [9.17, 15) is 9.59 Å². The first-order valence-electron chi connectivity index (χ1n) is 5.78. The number of hydrogen-bond acceptors (Lipinski definition) is 2. The molecule has 0 rings (SSSR count). The lowest BCUT2D eigenvalue weighted by Gasteiger charge is -2.16. The van der Waals surface area contributed by atoms with Gasteiger partial charge in [-0.3, -0.25) is 4.79 Å². The number of aliphatic carboxylic acids is 1. The van der Waals surface area contributed by atoms with Crippen LogP contribution < -0.4 is 5.32 Å². The molecular formula is C11H22N2O3. The second-order valence-corrected chi connectivity index (χ2v) is 3.86. The minimum atomic E-state index is -0.758. The van der Waals surface area contributed by atoms with Gasteiger partial charge in [0.05, 0.1) is 0 Å². The summed E-state index contributed by atoms with van der Waals surface area (Å²) < 4.78 is 0. The zero-order valence-corrected chi connectivity index (χ0v) is 10.2. The first-order valence-corrected chi connectivity index (χ1v) is 5.78. The molecule has 0 bridgehead atoms. The van der Waals surface area contributed by atoms with E-state index in [0.717, 1.165) is 25.8 Å². The predicted octanol–water partition coefficient (Wildman–Crippen LogP) is 1.68. The third kappa shape index (κ3) is 8.08. The van der Waals surface area contributed by atoms with Crippen LogP contribution in [0.5, 0.6) is 0 Å². The molecule has 0 aliphatic carbocycles. The number of nitrogens with one attached hydrogen (secondary N) is 1. The van der Waals surface area contributed by atoms with Crippen molar-refractivity contribution in [3.63, 3.8) is 0 Å². The Morgan fingerprint density at radius 2 is 1.94 bits per heavy atom. The van der Waals surface area contributed by atoms with Gasteiger partial charge in [-0.15, -0.1) is 0 Å². The summed E-state index contributed by atoms with van der Waals surface area (Å²) >= 11 is 0. The molecule has 0 aliphatic rings. The number of rotatable bonds is 8. The number of carbonyl (C=O) groups is 2. The standard InChI is InChI=1S/C11H22N2O3/c1-3-9-13(2)11(16)12-8-6-4-5-7-10(14)15/h3-9H2,1-2H3,(H,12,16)(H,14,15). The minimum absolute atomic E-state index is 0.0555. The second-order valence-electron chi connectivity index (χ2n) is 3.86. The highest BCUT2D eigenvalue weighted by molar-refractivity contribution is 5.73. The number of hydrogen-bond donors (Lipinski definition) is 2. The molecule has 5 heteroatoms. The van der Waals surface area contributed by atoms with Crippen LogP contribution in [0.4, 0.5) is 4.79 Å². The van der Waals surface area contributed by atoms with Gasteiger partial charge in [-0.1, -0.05) is 13.3 Å². The van der Waals surface area contributed by atoms with Gasteiger partial charge in [0.2, 0.25) is 0 Å². The molecule has 5 nitrogen and oxygen atoms in total. The molecule has 0 spiro atoms. The fourth-order valence-electron chi connectivity index (χ4n) is 1.35. The van der Waals surface area contributed by atoms with Crippen molar-refractivity contribution in [3.8, 4) is 0 Å². The average Bonchev–Trinajstić information content (AvgIpc) is 2.22. The summed E-state index contributed by atoms with van der Waals surface area (Å²) in [4.78, 5) is 23.3. The van der Waals surface area contributed by atoms with Gasteiger partial charge >= 0.3 is 12.0 Å².